The summed E-state index contributed by atoms with van der Waals surface area (Å²) in [6, 6.07) is 15.0. The van der Waals surface area contributed by atoms with Crippen LogP contribution in [-0.4, -0.2) is 47.9 Å². The minimum atomic E-state index is -0.611. The van der Waals surface area contributed by atoms with Crippen LogP contribution in [-0.2, 0) is 4.74 Å². The average Bonchev–Trinajstić information content (AvgIpc) is 3.19. The molecule has 5 rings (SSSR count). The van der Waals surface area contributed by atoms with E-state index in [1.165, 1.54) is 24.4 Å². The zero-order valence-electron chi connectivity index (χ0n) is 18.4. The van der Waals surface area contributed by atoms with Crippen molar-refractivity contribution in [3.63, 3.8) is 0 Å². The Morgan fingerprint density at radius 2 is 1.89 bits per heavy atom. The van der Waals surface area contributed by atoms with E-state index in [9.17, 15) is 14.0 Å². The van der Waals surface area contributed by atoms with Crippen LogP contribution in [0.2, 0.25) is 0 Å². The lowest BCUT2D eigenvalue weighted by Crippen LogP contribution is -2.49. The van der Waals surface area contributed by atoms with Gasteiger partial charge in [0, 0.05) is 42.4 Å². The van der Waals surface area contributed by atoms with Crippen molar-refractivity contribution in [3.8, 4) is 6.07 Å². The summed E-state index contributed by atoms with van der Waals surface area (Å²) in [6.45, 7) is 1.89. The minimum Gasteiger partial charge on any atom is -0.422 e. The zero-order valence-corrected chi connectivity index (χ0v) is 20.0. The molecule has 174 valence electrons. The van der Waals surface area contributed by atoms with E-state index in [-0.39, 0.29) is 5.56 Å². The highest BCUT2D eigenvalue weighted by molar-refractivity contribution is 9.10. The maximum Gasteiger partial charge on any atom is 0.344 e. The van der Waals surface area contributed by atoms with Gasteiger partial charge in [-0.3, -0.25) is 4.79 Å². The van der Waals surface area contributed by atoms with Gasteiger partial charge in [0.2, 0.25) is 0 Å². The number of halogens is 2. The van der Waals surface area contributed by atoms with Gasteiger partial charge in [0.25, 0.3) is 5.91 Å². The Hall–Kier alpha value is -4.03. The van der Waals surface area contributed by atoms with Gasteiger partial charge in [-0.25, -0.2) is 14.2 Å². The summed E-state index contributed by atoms with van der Waals surface area (Å²) in [4.78, 5) is 33.2. The number of nitriles is 1. The van der Waals surface area contributed by atoms with E-state index < -0.39 is 17.7 Å². The SMILES string of the molecule is N#Cc1ccc(N2CCN(C(=O)c3cc(/C=C4\OC(=O)c5ccc(Br)cc54)ccc3F)CC2)nc1. The maximum atomic E-state index is 14.6. The highest BCUT2D eigenvalue weighted by Gasteiger charge is 2.28. The van der Waals surface area contributed by atoms with Crippen LogP contribution in [0.1, 0.15) is 37.4 Å². The average molecular weight is 533 g/mol. The van der Waals surface area contributed by atoms with Crippen molar-refractivity contribution in [2.24, 2.45) is 0 Å². The number of ether oxygens (including phenoxy) is 1. The van der Waals surface area contributed by atoms with Crippen LogP contribution in [0.4, 0.5) is 10.2 Å². The fourth-order valence-corrected chi connectivity index (χ4v) is 4.47. The molecule has 9 heteroatoms. The number of hydrogen-bond acceptors (Lipinski definition) is 6. The molecule has 0 bridgehead atoms. The van der Waals surface area contributed by atoms with Crippen molar-refractivity contribution in [1.29, 1.82) is 5.26 Å². The van der Waals surface area contributed by atoms with Crippen molar-refractivity contribution in [2.45, 2.75) is 0 Å². The molecule has 2 aliphatic rings. The molecule has 3 heterocycles. The second-order valence-electron chi connectivity index (χ2n) is 8.12. The molecule has 3 aromatic rings. The topological polar surface area (TPSA) is 86.5 Å². The molecular weight excluding hydrogens is 515 g/mol. The summed E-state index contributed by atoms with van der Waals surface area (Å²) >= 11 is 3.39. The van der Waals surface area contributed by atoms with E-state index in [1.807, 2.05) is 11.0 Å². The number of fused-ring (bicyclic) bond motifs is 1. The maximum absolute atomic E-state index is 14.6. The Kier molecular flexibility index (Phi) is 6.05. The molecule has 0 saturated carbocycles. The Bertz CT molecular complexity index is 1410. The Morgan fingerprint density at radius 1 is 1.09 bits per heavy atom. The third-order valence-electron chi connectivity index (χ3n) is 5.96. The first-order valence-electron chi connectivity index (χ1n) is 10.9. The smallest absolute Gasteiger partial charge is 0.344 e. The first-order chi connectivity index (χ1) is 16.9. The molecule has 35 heavy (non-hydrogen) atoms. The van der Waals surface area contributed by atoms with E-state index in [0.717, 1.165) is 10.3 Å². The van der Waals surface area contributed by atoms with Crippen molar-refractivity contribution in [2.75, 3.05) is 31.1 Å². The van der Waals surface area contributed by atoms with E-state index >= 15 is 0 Å². The standard InChI is InChI=1S/C26H18BrFN4O3/c27-18-3-4-19-20(13-18)23(35-26(19)34)12-16-1-5-22(28)21(11-16)25(33)32-9-7-31(8-10-32)24-6-2-17(14-29)15-30-24/h1-6,11-13,15H,7-10H2/b23-12-. The molecular formula is C26H18BrFN4O3. The van der Waals surface area contributed by atoms with E-state index in [0.29, 0.717) is 54.2 Å². The quantitative estimate of drug-likeness (QED) is 0.462. The number of pyridine rings is 1. The summed E-state index contributed by atoms with van der Waals surface area (Å²) in [5.41, 5.74) is 2.08. The van der Waals surface area contributed by atoms with Crippen molar-refractivity contribution >= 4 is 45.5 Å². The number of carbonyl (C=O) groups excluding carboxylic acids is 2. The largest absolute Gasteiger partial charge is 0.422 e. The van der Waals surface area contributed by atoms with Crippen LogP contribution in [0.25, 0.3) is 11.8 Å². The summed E-state index contributed by atoms with van der Waals surface area (Å²) in [5.74, 6) is -0.387. The fourth-order valence-electron chi connectivity index (χ4n) is 4.11. The zero-order chi connectivity index (χ0) is 24.5. The Labute approximate surface area is 209 Å². The van der Waals surface area contributed by atoms with Gasteiger partial charge in [-0.15, -0.1) is 0 Å². The van der Waals surface area contributed by atoms with Crippen molar-refractivity contribution < 1.29 is 18.7 Å². The molecule has 0 spiro atoms. The summed E-state index contributed by atoms with van der Waals surface area (Å²) in [5, 5.41) is 8.92. The molecule has 1 saturated heterocycles. The third kappa shape index (κ3) is 4.53. The molecule has 0 unspecified atom stereocenters. The lowest BCUT2D eigenvalue weighted by atomic mass is 10.0. The number of amides is 1. The first-order valence-corrected chi connectivity index (χ1v) is 11.7. The van der Waals surface area contributed by atoms with Crippen LogP contribution in [0, 0.1) is 17.1 Å². The highest BCUT2D eigenvalue weighted by Crippen LogP contribution is 2.33. The molecule has 1 amide bonds. The number of benzene rings is 2. The van der Waals surface area contributed by atoms with Crippen LogP contribution in [0.15, 0.2) is 59.2 Å². The fraction of sp³-hybridized carbons (Fsp3) is 0.154. The number of carbonyl (C=O) groups is 2. The molecule has 0 N–H and O–H groups in total. The van der Waals surface area contributed by atoms with Gasteiger partial charge >= 0.3 is 5.97 Å². The Balaban J connectivity index is 1.33. The van der Waals surface area contributed by atoms with E-state index in [1.54, 1.807) is 41.3 Å². The van der Waals surface area contributed by atoms with Gasteiger partial charge in [-0.2, -0.15) is 5.26 Å². The van der Waals surface area contributed by atoms with Crippen molar-refractivity contribution in [1.82, 2.24) is 9.88 Å². The minimum absolute atomic E-state index is 0.0388. The molecule has 2 aliphatic heterocycles. The van der Waals surface area contributed by atoms with Gasteiger partial charge < -0.3 is 14.5 Å². The van der Waals surface area contributed by atoms with Crippen LogP contribution in [0.5, 0.6) is 0 Å². The lowest BCUT2D eigenvalue weighted by molar-refractivity contribution is 0.0714. The van der Waals surface area contributed by atoms with Crippen LogP contribution >= 0.6 is 15.9 Å². The molecule has 0 atom stereocenters. The number of cyclic esters (lactones) is 1. The van der Waals surface area contributed by atoms with Gasteiger partial charge in [-0.05, 0) is 54.1 Å². The predicted molar refractivity (Wildman–Crippen MR) is 131 cm³/mol. The second kappa shape index (κ2) is 9.31. The van der Waals surface area contributed by atoms with Crippen molar-refractivity contribution in [3.05, 3.63) is 92.8 Å². The predicted octanol–water partition coefficient (Wildman–Crippen LogP) is 4.49. The van der Waals surface area contributed by atoms with Gasteiger partial charge in [0.05, 0.1) is 16.7 Å². The third-order valence-corrected chi connectivity index (χ3v) is 6.45. The van der Waals surface area contributed by atoms with E-state index in [4.69, 9.17) is 10.00 Å². The normalized spacial score (nSPS) is 16.1. The van der Waals surface area contributed by atoms with Gasteiger partial charge in [0.15, 0.2) is 0 Å². The van der Waals surface area contributed by atoms with Gasteiger partial charge in [-0.1, -0.05) is 22.0 Å². The molecule has 1 fully saturated rings. The molecule has 0 aliphatic carbocycles. The first kappa shape index (κ1) is 22.7. The van der Waals surface area contributed by atoms with Crippen LogP contribution < -0.4 is 4.90 Å². The monoisotopic (exact) mass is 532 g/mol. The number of rotatable bonds is 3. The number of piperazine rings is 1. The molecule has 1 aromatic heterocycles. The number of nitrogens with zero attached hydrogens (tertiary/aromatic N) is 4. The Morgan fingerprint density at radius 3 is 2.60 bits per heavy atom. The van der Waals surface area contributed by atoms with Gasteiger partial charge in [0.1, 0.15) is 23.5 Å². The summed E-state index contributed by atoms with van der Waals surface area (Å²) in [6.07, 6.45) is 3.14. The van der Waals surface area contributed by atoms with Crippen LogP contribution in [0.3, 0.4) is 0 Å². The molecule has 0 radical (unpaired) electrons. The highest BCUT2D eigenvalue weighted by atomic mass is 79.9. The summed E-state index contributed by atoms with van der Waals surface area (Å²) < 4.78 is 20.8. The number of anilines is 1. The number of hydrogen-bond donors (Lipinski definition) is 0. The number of esters is 1. The lowest BCUT2D eigenvalue weighted by Gasteiger charge is -2.35. The second-order valence-corrected chi connectivity index (χ2v) is 9.04. The number of aromatic nitrogens is 1. The van der Waals surface area contributed by atoms with E-state index in [2.05, 4.69) is 20.9 Å². The summed E-state index contributed by atoms with van der Waals surface area (Å²) in [7, 11) is 0. The molecule has 2 aromatic carbocycles. The molecule has 7 nitrogen and oxygen atoms in total.